The average molecular weight is 283 g/mol. The molecule has 112 valence electrons. The second-order valence-electron chi connectivity index (χ2n) is 5.84. The summed E-state index contributed by atoms with van der Waals surface area (Å²) in [5.74, 6) is 0.486. The maximum absolute atomic E-state index is 10.6. The van der Waals surface area contributed by atoms with Crippen molar-refractivity contribution in [3.8, 4) is 0 Å². The van der Waals surface area contributed by atoms with Crippen LogP contribution in [0.2, 0.25) is 0 Å². The van der Waals surface area contributed by atoms with Crippen LogP contribution in [0.5, 0.6) is 0 Å². The topological polar surface area (TPSA) is 32.3 Å². The summed E-state index contributed by atoms with van der Waals surface area (Å²) in [7, 11) is 1.87. The molecule has 2 aromatic rings. The molecule has 2 atom stereocenters. The van der Waals surface area contributed by atoms with E-state index in [9.17, 15) is 5.11 Å². The molecule has 0 aromatic heterocycles. The third-order valence-corrected chi connectivity index (χ3v) is 3.89. The minimum Gasteiger partial charge on any atom is -0.391 e. The highest BCUT2D eigenvalue weighted by Crippen LogP contribution is 2.30. The van der Waals surface area contributed by atoms with Crippen LogP contribution in [0, 0.1) is 0 Å². The number of aliphatic hydroxyl groups is 1. The molecule has 2 rings (SSSR count). The van der Waals surface area contributed by atoms with Gasteiger partial charge in [-0.25, -0.2) is 0 Å². The number of benzene rings is 2. The molecule has 2 aromatic carbocycles. The van der Waals surface area contributed by atoms with E-state index in [1.807, 2.05) is 25.2 Å². The Morgan fingerprint density at radius 2 is 1.52 bits per heavy atom. The zero-order valence-corrected chi connectivity index (χ0v) is 13.1. The Kier molecular flexibility index (Phi) is 5.54. The summed E-state index contributed by atoms with van der Waals surface area (Å²) < 4.78 is 0. The lowest BCUT2D eigenvalue weighted by Crippen LogP contribution is -2.30. The summed E-state index contributed by atoms with van der Waals surface area (Å²) >= 11 is 0. The van der Waals surface area contributed by atoms with Gasteiger partial charge in [0.05, 0.1) is 6.10 Å². The van der Waals surface area contributed by atoms with Crippen LogP contribution < -0.4 is 5.32 Å². The minimum absolute atomic E-state index is 0.00245. The zero-order chi connectivity index (χ0) is 15.2. The van der Waals surface area contributed by atoms with Gasteiger partial charge in [0.1, 0.15) is 0 Å². The van der Waals surface area contributed by atoms with E-state index in [0.29, 0.717) is 12.5 Å². The van der Waals surface area contributed by atoms with Crippen molar-refractivity contribution < 1.29 is 5.11 Å². The molecular weight excluding hydrogens is 258 g/mol. The smallest absolute Gasteiger partial charge is 0.0773 e. The summed E-state index contributed by atoms with van der Waals surface area (Å²) in [5.41, 5.74) is 3.64. The molecular formula is C19H25NO. The maximum atomic E-state index is 10.6. The molecule has 0 aliphatic rings. The maximum Gasteiger partial charge on any atom is 0.0773 e. The fraction of sp³-hybridized carbons (Fsp3) is 0.368. The van der Waals surface area contributed by atoms with Crippen molar-refractivity contribution in [3.63, 3.8) is 0 Å². The largest absolute Gasteiger partial charge is 0.391 e. The SMILES string of the molecule is CNCC(O)C(c1ccccc1)c1cccc(C(C)C)c1. The van der Waals surface area contributed by atoms with Crippen LogP contribution in [0.15, 0.2) is 54.6 Å². The van der Waals surface area contributed by atoms with Crippen LogP contribution in [-0.4, -0.2) is 24.8 Å². The molecule has 0 saturated carbocycles. The molecule has 0 aliphatic heterocycles. The van der Waals surface area contributed by atoms with Crippen LogP contribution in [-0.2, 0) is 0 Å². The van der Waals surface area contributed by atoms with E-state index in [4.69, 9.17) is 0 Å². The Morgan fingerprint density at radius 1 is 0.905 bits per heavy atom. The lowest BCUT2D eigenvalue weighted by Gasteiger charge is -2.25. The van der Waals surface area contributed by atoms with Gasteiger partial charge in [-0.3, -0.25) is 0 Å². The highest BCUT2D eigenvalue weighted by molar-refractivity contribution is 5.37. The normalized spacial score (nSPS) is 14.1. The molecule has 0 bridgehead atoms. The van der Waals surface area contributed by atoms with Crippen molar-refractivity contribution in [2.45, 2.75) is 31.8 Å². The Hall–Kier alpha value is -1.64. The number of likely N-dealkylation sites (N-methyl/N-ethyl adjacent to an activating group) is 1. The summed E-state index contributed by atoms with van der Waals surface area (Å²) in [6.07, 6.45) is -0.445. The monoisotopic (exact) mass is 283 g/mol. The lowest BCUT2D eigenvalue weighted by molar-refractivity contribution is 0.156. The van der Waals surface area contributed by atoms with Crippen molar-refractivity contribution in [2.24, 2.45) is 0 Å². The van der Waals surface area contributed by atoms with Gasteiger partial charge in [0.25, 0.3) is 0 Å². The van der Waals surface area contributed by atoms with E-state index in [1.165, 1.54) is 11.1 Å². The van der Waals surface area contributed by atoms with Crippen LogP contribution in [0.4, 0.5) is 0 Å². The van der Waals surface area contributed by atoms with E-state index < -0.39 is 6.10 Å². The van der Waals surface area contributed by atoms with E-state index in [0.717, 1.165) is 5.56 Å². The van der Waals surface area contributed by atoms with Gasteiger partial charge in [0.15, 0.2) is 0 Å². The number of nitrogens with one attached hydrogen (secondary N) is 1. The average Bonchev–Trinajstić information content (AvgIpc) is 2.49. The molecule has 2 unspecified atom stereocenters. The molecule has 0 fully saturated rings. The highest BCUT2D eigenvalue weighted by Gasteiger charge is 2.22. The summed E-state index contributed by atoms with van der Waals surface area (Å²) in [4.78, 5) is 0. The van der Waals surface area contributed by atoms with Crippen LogP contribution in [0.25, 0.3) is 0 Å². The van der Waals surface area contributed by atoms with Crippen LogP contribution in [0.3, 0.4) is 0 Å². The van der Waals surface area contributed by atoms with Gasteiger partial charge in [0, 0.05) is 12.5 Å². The van der Waals surface area contributed by atoms with Crippen molar-refractivity contribution in [1.82, 2.24) is 5.32 Å². The molecule has 0 radical (unpaired) electrons. The van der Waals surface area contributed by atoms with Gasteiger partial charge in [0.2, 0.25) is 0 Å². The Labute approximate surface area is 127 Å². The van der Waals surface area contributed by atoms with Crippen molar-refractivity contribution in [2.75, 3.05) is 13.6 Å². The first-order valence-corrected chi connectivity index (χ1v) is 7.61. The molecule has 0 heterocycles. The quantitative estimate of drug-likeness (QED) is 0.850. The molecule has 2 N–H and O–H groups in total. The zero-order valence-electron chi connectivity index (χ0n) is 13.1. The number of aliphatic hydroxyl groups excluding tert-OH is 1. The van der Waals surface area contributed by atoms with Gasteiger partial charge in [-0.15, -0.1) is 0 Å². The predicted octanol–water partition coefficient (Wildman–Crippen LogP) is 3.52. The molecule has 0 aliphatic carbocycles. The van der Waals surface area contributed by atoms with Gasteiger partial charge in [-0.2, -0.15) is 0 Å². The fourth-order valence-corrected chi connectivity index (χ4v) is 2.74. The molecule has 2 heteroatoms. The van der Waals surface area contributed by atoms with Gasteiger partial charge >= 0.3 is 0 Å². The fourth-order valence-electron chi connectivity index (χ4n) is 2.74. The molecule has 0 saturated heterocycles. The summed E-state index contributed by atoms with van der Waals surface area (Å²) in [6.45, 7) is 4.97. The molecule has 21 heavy (non-hydrogen) atoms. The summed E-state index contributed by atoms with van der Waals surface area (Å²) in [6, 6.07) is 18.8. The Bertz CT molecular complexity index is 551. The first-order valence-electron chi connectivity index (χ1n) is 7.61. The summed E-state index contributed by atoms with van der Waals surface area (Å²) in [5, 5.41) is 13.7. The Morgan fingerprint density at radius 3 is 2.14 bits per heavy atom. The van der Waals surface area contributed by atoms with Crippen molar-refractivity contribution >= 4 is 0 Å². The van der Waals surface area contributed by atoms with E-state index in [-0.39, 0.29) is 5.92 Å². The van der Waals surface area contributed by atoms with Gasteiger partial charge in [-0.1, -0.05) is 68.4 Å². The van der Waals surface area contributed by atoms with Gasteiger partial charge < -0.3 is 10.4 Å². The van der Waals surface area contributed by atoms with E-state index in [1.54, 1.807) is 0 Å². The van der Waals surface area contributed by atoms with E-state index >= 15 is 0 Å². The standard InChI is InChI=1S/C19H25NO/c1-14(2)16-10-7-11-17(12-16)19(18(21)13-20-3)15-8-5-4-6-9-15/h4-12,14,18-21H,13H2,1-3H3. The van der Waals surface area contributed by atoms with Crippen LogP contribution >= 0.6 is 0 Å². The number of hydrogen-bond donors (Lipinski definition) is 2. The van der Waals surface area contributed by atoms with E-state index in [2.05, 4.69) is 55.6 Å². The molecule has 0 amide bonds. The van der Waals surface area contributed by atoms with Crippen LogP contribution in [0.1, 0.15) is 42.4 Å². The highest BCUT2D eigenvalue weighted by atomic mass is 16.3. The number of rotatable bonds is 6. The van der Waals surface area contributed by atoms with Crippen molar-refractivity contribution in [1.29, 1.82) is 0 Å². The lowest BCUT2D eigenvalue weighted by atomic mass is 9.85. The second-order valence-corrected chi connectivity index (χ2v) is 5.84. The predicted molar refractivity (Wildman–Crippen MR) is 88.7 cm³/mol. The molecule has 2 nitrogen and oxygen atoms in total. The minimum atomic E-state index is -0.445. The van der Waals surface area contributed by atoms with Crippen molar-refractivity contribution in [3.05, 3.63) is 71.3 Å². The Balaban J connectivity index is 2.42. The first kappa shape index (κ1) is 15.7. The third-order valence-electron chi connectivity index (χ3n) is 3.89. The first-order chi connectivity index (χ1) is 10.1. The molecule has 0 spiro atoms. The third kappa shape index (κ3) is 3.93. The van der Waals surface area contributed by atoms with Gasteiger partial charge in [-0.05, 0) is 29.7 Å². The number of hydrogen-bond acceptors (Lipinski definition) is 2. The second kappa shape index (κ2) is 7.39.